The molecule has 0 aliphatic rings. The van der Waals surface area contributed by atoms with Crippen molar-refractivity contribution in [2.75, 3.05) is 32.3 Å². The topological polar surface area (TPSA) is 67.6 Å². The number of nitrogen functional groups attached to an aromatic ring is 1. The molecular formula is C13H23N3O2S. The number of ether oxygens (including phenoxy) is 1. The van der Waals surface area contributed by atoms with Crippen molar-refractivity contribution < 1.29 is 9.53 Å². The van der Waals surface area contributed by atoms with E-state index in [9.17, 15) is 4.79 Å². The molecule has 0 fully saturated rings. The van der Waals surface area contributed by atoms with Crippen LogP contribution in [0.15, 0.2) is 0 Å². The van der Waals surface area contributed by atoms with E-state index in [0.717, 1.165) is 17.8 Å². The van der Waals surface area contributed by atoms with Crippen LogP contribution < -0.4 is 15.8 Å². The van der Waals surface area contributed by atoms with E-state index in [1.807, 2.05) is 0 Å². The molecule has 0 spiro atoms. The minimum absolute atomic E-state index is 0.0987. The minimum Gasteiger partial charge on any atom is -0.492 e. The van der Waals surface area contributed by atoms with E-state index in [1.54, 1.807) is 21.2 Å². The van der Waals surface area contributed by atoms with Crippen LogP contribution in [0.3, 0.4) is 0 Å². The van der Waals surface area contributed by atoms with Crippen molar-refractivity contribution in [3.63, 3.8) is 0 Å². The number of carbonyl (C=O) groups is 1. The number of anilines is 2. The van der Waals surface area contributed by atoms with E-state index < -0.39 is 0 Å². The number of carbonyl (C=O) groups excluding carboxylic acids is 1. The van der Waals surface area contributed by atoms with Crippen LogP contribution in [-0.4, -0.2) is 38.1 Å². The largest absolute Gasteiger partial charge is 0.492 e. The van der Waals surface area contributed by atoms with Gasteiger partial charge >= 0.3 is 0 Å². The monoisotopic (exact) mass is 285 g/mol. The van der Waals surface area contributed by atoms with Gasteiger partial charge in [-0.15, -0.1) is 11.3 Å². The summed E-state index contributed by atoms with van der Waals surface area (Å²) < 4.78 is 5.33. The number of methoxy groups -OCH3 is 1. The van der Waals surface area contributed by atoms with Crippen LogP contribution in [0.2, 0.25) is 0 Å². The first-order valence-corrected chi connectivity index (χ1v) is 7.22. The number of hydrogen-bond donors (Lipinski definition) is 2. The lowest BCUT2D eigenvalue weighted by molar-refractivity contribution is 0.0833. The first-order chi connectivity index (χ1) is 8.96. The lowest BCUT2D eigenvalue weighted by Gasteiger charge is -2.15. The third-order valence-corrected chi connectivity index (χ3v) is 4.13. The predicted octanol–water partition coefficient (Wildman–Crippen LogP) is 2.64. The highest BCUT2D eigenvalue weighted by molar-refractivity contribution is 7.19. The van der Waals surface area contributed by atoms with Crippen molar-refractivity contribution in [3.8, 4) is 5.75 Å². The molecule has 108 valence electrons. The fourth-order valence-corrected chi connectivity index (χ4v) is 2.95. The van der Waals surface area contributed by atoms with E-state index in [2.05, 4.69) is 19.2 Å². The van der Waals surface area contributed by atoms with Gasteiger partial charge < -0.3 is 20.7 Å². The molecule has 1 aromatic heterocycles. The Kier molecular flexibility index (Phi) is 5.47. The Bertz CT molecular complexity index is 439. The number of nitrogens with zero attached hydrogens (tertiary/aromatic N) is 1. The van der Waals surface area contributed by atoms with Gasteiger partial charge in [0.1, 0.15) is 15.6 Å². The molecule has 0 bridgehead atoms. The molecule has 0 radical (unpaired) electrons. The van der Waals surface area contributed by atoms with Crippen LogP contribution in [0.25, 0.3) is 0 Å². The van der Waals surface area contributed by atoms with Gasteiger partial charge in [-0.2, -0.15) is 0 Å². The van der Waals surface area contributed by atoms with E-state index in [4.69, 9.17) is 10.5 Å². The summed E-state index contributed by atoms with van der Waals surface area (Å²) in [5, 5.41) is 4.23. The lowest BCUT2D eigenvalue weighted by atomic mass is 10.2. The highest BCUT2D eigenvalue weighted by Crippen LogP contribution is 2.43. The Balaban J connectivity index is 3.12. The van der Waals surface area contributed by atoms with Crippen LogP contribution >= 0.6 is 11.3 Å². The normalized spacial score (nSPS) is 10.6. The first-order valence-electron chi connectivity index (χ1n) is 6.40. The van der Waals surface area contributed by atoms with Gasteiger partial charge in [-0.3, -0.25) is 4.79 Å². The Morgan fingerprint density at radius 3 is 2.42 bits per heavy atom. The molecule has 1 heterocycles. The molecule has 3 N–H and O–H groups in total. The Hall–Kier alpha value is -1.43. The maximum atomic E-state index is 12.0. The number of nitrogens with one attached hydrogen (secondary N) is 1. The van der Waals surface area contributed by atoms with E-state index in [0.29, 0.717) is 22.4 Å². The Morgan fingerprint density at radius 1 is 1.42 bits per heavy atom. The second-order valence-corrected chi connectivity index (χ2v) is 5.59. The first kappa shape index (κ1) is 15.6. The summed E-state index contributed by atoms with van der Waals surface area (Å²) >= 11 is 1.35. The minimum atomic E-state index is -0.0987. The van der Waals surface area contributed by atoms with Crippen molar-refractivity contribution in [1.29, 1.82) is 0 Å². The zero-order valence-corrected chi connectivity index (χ0v) is 13.1. The van der Waals surface area contributed by atoms with Gasteiger partial charge in [0.2, 0.25) is 0 Å². The van der Waals surface area contributed by atoms with Crippen LogP contribution in [0.4, 0.5) is 10.7 Å². The number of thiophene rings is 1. The van der Waals surface area contributed by atoms with Crippen LogP contribution in [0.5, 0.6) is 5.75 Å². The quantitative estimate of drug-likeness (QED) is 0.843. The third kappa shape index (κ3) is 3.32. The molecule has 19 heavy (non-hydrogen) atoms. The van der Waals surface area contributed by atoms with Gasteiger partial charge in [-0.05, 0) is 12.8 Å². The van der Waals surface area contributed by atoms with E-state index in [1.165, 1.54) is 16.2 Å². The van der Waals surface area contributed by atoms with Crippen molar-refractivity contribution in [2.45, 2.75) is 32.7 Å². The molecule has 0 saturated carbocycles. The lowest BCUT2D eigenvalue weighted by Crippen LogP contribution is -2.21. The molecule has 1 rings (SSSR count). The molecule has 0 unspecified atom stereocenters. The summed E-state index contributed by atoms with van der Waals surface area (Å²) in [4.78, 5) is 14.1. The molecule has 1 aromatic rings. The van der Waals surface area contributed by atoms with Gasteiger partial charge in [-0.1, -0.05) is 13.8 Å². The van der Waals surface area contributed by atoms with Gasteiger partial charge in [-0.25, -0.2) is 0 Å². The summed E-state index contributed by atoms with van der Waals surface area (Å²) in [6.07, 6.45) is 2.02. The smallest absolute Gasteiger partial charge is 0.265 e. The summed E-state index contributed by atoms with van der Waals surface area (Å²) in [7, 11) is 4.99. The maximum Gasteiger partial charge on any atom is 0.265 e. The average molecular weight is 285 g/mol. The molecule has 5 nitrogen and oxygen atoms in total. The number of amides is 1. The molecular weight excluding hydrogens is 262 g/mol. The maximum absolute atomic E-state index is 12.0. The van der Waals surface area contributed by atoms with Crippen LogP contribution in [-0.2, 0) is 0 Å². The molecule has 0 aliphatic carbocycles. The Labute approximate surface area is 118 Å². The highest BCUT2D eigenvalue weighted by atomic mass is 32.1. The third-order valence-electron chi connectivity index (χ3n) is 3.02. The number of hydrogen-bond acceptors (Lipinski definition) is 5. The van der Waals surface area contributed by atoms with Gasteiger partial charge in [0, 0.05) is 20.1 Å². The molecule has 0 saturated heterocycles. The highest BCUT2D eigenvalue weighted by Gasteiger charge is 2.23. The van der Waals surface area contributed by atoms with E-state index >= 15 is 0 Å². The fraction of sp³-hybridized carbons (Fsp3) is 0.615. The Morgan fingerprint density at radius 2 is 2.00 bits per heavy atom. The predicted molar refractivity (Wildman–Crippen MR) is 81.3 cm³/mol. The van der Waals surface area contributed by atoms with Crippen molar-refractivity contribution >= 4 is 27.9 Å². The SMILES string of the molecule is CCC(CC)Nc1sc(C(=O)N(C)C)c(N)c1OC. The summed E-state index contributed by atoms with van der Waals surface area (Å²) in [6, 6.07) is 0.356. The second kappa shape index (κ2) is 6.65. The van der Waals surface area contributed by atoms with Gasteiger partial charge in [0.05, 0.1) is 7.11 Å². The molecule has 0 atom stereocenters. The fourth-order valence-electron chi connectivity index (χ4n) is 1.77. The van der Waals surface area contributed by atoms with Crippen molar-refractivity contribution in [2.24, 2.45) is 0 Å². The molecule has 0 aliphatic heterocycles. The average Bonchev–Trinajstić information content (AvgIpc) is 2.70. The zero-order valence-electron chi connectivity index (χ0n) is 12.2. The van der Waals surface area contributed by atoms with Crippen molar-refractivity contribution in [1.82, 2.24) is 4.90 Å². The molecule has 0 aromatic carbocycles. The molecule has 6 heteroatoms. The summed E-state index contributed by atoms with van der Waals surface area (Å²) in [6.45, 7) is 4.24. The van der Waals surface area contributed by atoms with Gasteiger partial charge in [0.25, 0.3) is 5.91 Å². The van der Waals surface area contributed by atoms with Gasteiger partial charge in [0.15, 0.2) is 5.75 Å². The van der Waals surface area contributed by atoms with E-state index in [-0.39, 0.29) is 5.91 Å². The van der Waals surface area contributed by atoms with Crippen LogP contribution in [0.1, 0.15) is 36.4 Å². The van der Waals surface area contributed by atoms with Crippen molar-refractivity contribution in [3.05, 3.63) is 4.88 Å². The second-order valence-electron chi connectivity index (χ2n) is 4.56. The zero-order chi connectivity index (χ0) is 14.6. The van der Waals surface area contributed by atoms with Crippen LogP contribution in [0, 0.1) is 0 Å². The standard InChI is InChI=1S/C13H23N3O2S/c1-6-8(7-2)15-12-10(18-5)9(14)11(19-12)13(17)16(3)4/h8,15H,6-7,14H2,1-5H3. The molecule has 1 amide bonds. The summed E-state index contributed by atoms with van der Waals surface area (Å²) in [5.41, 5.74) is 6.43. The number of rotatable bonds is 6. The summed E-state index contributed by atoms with van der Waals surface area (Å²) in [5.74, 6) is 0.473. The number of nitrogens with two attached hydrogens (primary N) is 1.